The van der Waals surface area contributed by atoms with Crippen molar-refractivity contribution in [2.75, 3.05) is 0 Å². The van der Waals surface area contributed by atoms with E-state index >= 15 is 0 Å². The van der Waals surface area contributed by atoms with Crippen molar-refractivity contribution < 1.29 is 13.2 Å². The summed E-state index contributed by atoms with van der Waals surface area (Å²) in [6.07, 6.45) is 1.35. The van der Waals surface area contributed by atoms with Crippen molar-refractivity contribution in [1.29, 1.82) is 0 Å². The SMILES string of the molecule is FC(F)=C(F)C[CH]c1cncc(Cl)c1. The van der Waals surface area contributed by atoms with Crippen LogP contribution in [0.5, 0.6) is 0 Å². The molecular formula is C9H6ClF3N. The number of hydrogen-bond donors (Lipinski definition) is 0. The molecule has 0 spiro atoms. The lowest BCUT2D eigenvalue weighted by Crippen LogP contribution is -1.85. The predicted octanol–water partition coefficient (Wildman–Crippen LogP) is 3.76. The zero-order valence-electron chi connectivity index (χ0n) is 6.98. The Balaban J connectivity index is 2.59. The fourth-order valence-electron chi connectivity index (χ4n) is 0.825. The molecule has 1 rings (SSSR count). The molecule has 0 amide bonds. The maximum absolute atomic E-state index is 12.4. The number of hydrogen-bond acceptors (Lipinski definition) is 1. The van der Waals surface area contributed by atoms with Gasteiger partial charge in [0.1, 0.15) is 0 Å². The number of nitrogens with zero attached hydrogens (tertiary/aromatic N) is 1. The lowest BCUT2D eigenvalue weighted by Gasteiger charge is -1.98. The molecule has 0 atom stereocenters. The van der Waals surface area contributed by atoms with Crippen LogP contribution in [0.25, 0.3) is 0 Å². The van der Waals surface area contributed by atoms with Crippen LogP contribution in [-0.4, -0.2) is 4.98 Å². The highest BCUT2D eigenvalue weighted by Gasteiger charge is 2.05. The van der Waals surface area contributed by atoms with Crippen LogP contribution in [0.15, 0.2) is 30.4 Å². The van der Waals surface area contributed by atoms with Crippen LogP contribution in [-0.2, 0) is 0 Å². The molecule has 1 heterocycles. The Morgan fingerprint density at radius 1 is 1.36 bits per heavy atom. The molecule has 1 radical (unpaired) electrons. The van der Waals surface area contributed by atoms with Crippen molar-refractivity contribution in [3.8, 4) is 0 Å². The predicted molar refractivity (Wildman–Crippen MR) is 47.6 cm³/mol. The van der Waals surface area contributed by atoms with Gasteiger partial charge in [-0.3, -0.25) is 4.98 Å². The third-order valence-corrected chi connectivity index (χ3v) is 1.65. The second-order valence-electron chi connectivity index (χ2n) is 2.51. The summed E-state index contributed by atoms with van der Waals surface area (Å²) in [5.41, 5.74) is 0.508. The first kappa shape index (κ1) is 11.0. The second-order valence-corrected chi connectivity index (χ2v) is 2.95. The second kappa shape index (κ2) is 5.00. The van der Waals surface area contributed by atoms with Gasteiger partial charge in [0.2, 0.25) is 0 Å². The molecule has 0 aliphatic heterocycles. The van der Waals surface area contributed by atoms with Gasteiger partial charge in [0.05, 0.1) is 5.02 Å². The number of halogens is 4. The Hall–Kier alpha value is -1.03. The van der Waals surface area contributed by atoms with E-state index in [9.17, 15) is 13.2 Å². The van der Waals surface area contributed by atoms with Gasteiger partial charge in [-0.2, -0.15) is 8.78 Å². The molecule has 1 aromatic heterocycles. The molecule has 0 aliphatic carbocycles. The summed E-state index contributed by atoms with van der Waals surface area (Å²) in [7, 11) is 0. The monoisotopic (exact) mass is 220 g/mol. The van der Waals surface area contributed by atoms with Gasteiger partial charge < -0.3 is 0 Å². The van der Waals surface area contributed by atoms with E-state index in [2.05, 4.69) is 4.98 Å². The minimum atomic E-state index is -2.30. The van der Waals surface area contributed by atoms with Gasteiger partial charge in [0.25, 0.3) is 0 Å². The summed E-state index contributed by atoms with van der Waals surface area (Å²) in [4.78, 5) is 3.72. The average Bonchev–Trinajstić information content (AvgIpc) is 2.14. The third kappa shape index (κ3) is 3.38. The smallest absolute Gasteiger partial charge is 0.263 e. The van der Waals surface area contributed by atoms with Crippen LogP contribution in [0.1, 0.15) is 12.0 Å². The Labute approximate surface area is 84.2 Å². The summed E-state index contributed by atoms with van der Waals surface area (Å²) in [6, 6.07) is 1.51. The Morgan fingerprint density at radius 3 is 2.64 bits per heavy atom. The maximum atomic E-state index is 12.4. The summed E-state index contributed by atoms with van der Waals surface area (Å²) < 4.78 is 35.7. The Kier molecular flexibility index (Phi) is 3.95. The molecule has 5 heteroatoms. The van der Waals surface area contributed by atoms with Gasteiger partial charge in [-0.25, -0.2) is 4.39 Å². The largest absolute Gasteiger partial charge is 0.301 e. The van der Waals surface area contributed by atoms with Crippen molar-refractivity contribution >= 4 is 11.6 Å². The first-order valence-electron chi connectivity index (χ1n) is 3.73. The van der Waals surface area contributed by atoms with Crippen molar-refractivity contribution in [2.24, 2.45) is 0 Å². The average molecular weight is 221 g/mol. The first-order valence-corrected chi connectivity index (χ1v) is 4.11. The molecule has 14 heavy (non-hydrogen) atoms. The van der Waals surface area contributed by atoms with Crippen LogP contribution in [0, 0.1) is 6.42 Å². The molecule has 0 unspecified atom stereocenters. The molecule has 0 bridgehead atoms. The van der Waals surface area contributed by atoms with Crippen LogP contribution in [0.4, 0.5) is 13.2 Å². The third-order valence-electron chi connectivity index (χ3n) is 1.45. The Bertz CT molecular complexity index is 348. The van der Waals surface area contributed by atoms with Gasteiger partial charge >= 0.3 is 6.08 Å². The van der Waals surface area contributed by atoms with Crippen molar-refractivity contribution in [1.82, 2.24) is 4.98 Å². The van der Waals surface area contributed by atoms with E-state index in [0.29, 0.717) is 10.6 Å². The van der Waals surface area contributed by atoms with Gasteiger partial charge in [0.15, 0.2) is 5.83 Å². The molecule has 0 aromatic carbocycles. The number of pyridine rings is 1. The lowest BCUT2D eigenvalue weighted by molar-refractivity contribution is 0.374. The standard InChI is InChI=1S/C9H6ClF3N/c10-7-3-6(4-14-5-7)1-2-8(11)9(12)13/h1,3-5H,2H2. The first-order chi connectivity index (χ1) is 6.59. The van der Waals surface area contributed by atoms with E-state index in [-0.39, 0.29) is 0 Å². The van der Waals surface area contributed by atoms with E-state index in [1.807, 2.05) is 0 Å². The van der Waals surface area contributed by atoms with Crippen molar-refractivity contribution in [2.45, 2.75) is 6.42 Å². The maximum Gasteiger partial charge on any atom is 0.301 e. The van der Waals surface area contributed by atoms with Crippen molar-refractivity contribution in [3.05, 3.63) is 47.4 Å². The minimum Gasteiger partial charge on any atom is -0.263 e. The van der Waals surface area contributed by atoms with Crippen LogP contribution >= 0.6 is 11.6 Å². The van der Waals surface area contributed by atoms with Crippen molar-refractivity contribution in [3.63, 3.8) is 0 Å². The molecular weight excluding hydrogens is 215 g/mol. The van der Waals surface area contributed by atoms with E-state index < -0.39 is 18.3 Å². The zero-order chi connectivity index (χ0) is 10.6. The highest BCUT2D eigenvalue weighted by atomic mass is 35.5. The topological polar surface area (TPSA) is 12.9 Å². The quantitative estimate of drug-likeness (QED) is 0.756. The number of allylic oxidation sites excluding steroid dienone is 1. The van der Waals surface area contributed by atoms with E-state index in [4.69, 9.17) is 11.6 Å². The zero-order valence-corrected chi connectivity index (χ0v) is 7.73. The molecule has 0 fully saturated rings. The summed E-state index contributed by atoms with van der Waals surface area (Å²) in [5.74, 6) is -1.44. The highest BCUT2D eigenvalue weighted by molar-refractivity contribution is 6.30. The summed E-state index contributed by atoms with van der Waals surface area (Å²) in [6.45, 7) is 0. The summed E-state index contributed by atoms with van der Waals surface area (Å²) in [5, 5.41) is 0.379. The number of rotatable bonds is 3. The molecule has 0 N–H and O–H groups in total. The molecule has 75 valence electrons. The van der Waals surface area contributed by atoms with Gasteiger partial charge in [0, 0.05) is 18.8 Å². The Morgan fingerprint density at radius 2 is 2.07 bits per heavy atom. The molecule has 0 aliphatic rings. The molecule has 1 nitrogen and oxygen atoms in total. The van der Waals surface area contributed by atoms with Gasteiger partial charge in [-0.15, -0.1) is 0 Å². The molecule has 0 saturated carbocycles. The fraction of sp³-hybridized carbons (Fsp3) is 0.111. The highest BCUT2D eigenvalue weighted by Crippen LogP contribution is 2.18. The van der Waals surface area contributed by atoms with E-state index in [0.717, 1.165) is 0 Å². The molecule has 1 aromatic rings. The van der Waals surface area contributed by atoms with E-state index in [1.54, 1.807) is 0 Å². The van der Waals surface area contributed by atoms with Crippen LogP contribution in [0.3, 0.4) is 0 Å². The van der Waals surface area contributed by atoms with E-state index in [1.165, 1.54) is 24.9 Å². The minimum absolute atomic E-state index is 0.379. The number of aromatic nitrogens is 1. The summed E-state index contributed by atoms with van der Waals surface area (Å²) >= 11 is 5.59. The van der Waals surface area contributed by atoms with Gasteiger partial charge in [-0.1, -0.05) is 11.6 Å². The van der Waals surface area contributed by atoms with Gasteiger partial charge in [-0.05, 0) is 18.1 Å². The lowest BCUT2D eigenvalue weighted by atomic mass is 10.1. The normalized spacial score (nSPS) is 10.0. The fourth-order valence-corrected chi connectivity index (χ4v) is 1.01. The molecule has 0 saturated heterocycles. The van der Waals surface area contributed by atoms with Crippen LogP contribution in [0.2, 0.25) is 5.02 Å². The van der Waals surface area contributed by atoms with Crippen LogP contribution < -0.4 is 0 Å².